The molecule has 0 bridgehead atoms. The van der Waals surface area contributed by atoms with E-state index in [9.17, 15) is 9.59 Å². The highest BCUT2D eigenvalue weighted by Gasteiger charge is 2.48. The van der Waals surface area contributed by atoms with Crippen molar-refractivity contribution in [3.63, 3.8) is 0 Å². The zero-order chi connectivity index (χ0) is 19.4. The van der Waals surface area contributed by atoms with Crippen molar-refractivity contribution >= 4 is 41.5 Å². The van der Waals surface area contributed by atoms with Gasteiger partial charge in [-0.05, 0) is 31.4 Å². The summed E-state index contributed by atoms with van der Waals surface area (Å²) in [6.45, 7) is 0.566. The van der Waals surface area contributed by atoms with E-state index in [4.69, 9.17) is 32.7 Å². The van der Waals surface area contributed by atoms with Crippen molar-refractivity contribution in [2.24, 2.45) is 16.8 Å². The summed E-state index contributed by atoms with van der Waals surface area (Å²) >= 11 is 12.9. The number of halogens is 2. The van der Waals surface area contributed by atoms with Gasteiger partial charge < -0.3 is 14.4 Å². The Morgan fingerprint density at radius 1 is 1.41 bits per heavy atom. The average Bonchev–Trinajstić information content (AvgIpc) is 3.14. The van der Waals surface area contributed by atoms with Crippen LogP contribution in [0.1, 0.15) is 29.6 Å². The number of carbonyl (C=O) groups excluding carboxylic acids is 2. The van der Waals surface area contributed by atoms with E-state index in [-0.39, 0.29) is 30.4 Å². The lowest BCUT2D eigenvalue weighted by Crippen LogP contribution is -2.45. The first-order chi connectivity index (χ1) is 12.9. The van der Waals surface area contributed by atoms with Gasteiger partial charge in [0, 0.05) is 13.0 Å². The summed E-state index contributed by atoms with van der Waals surface area (Å²) < 4.78 is 10.5. The molecule has 6 nitrogen and oxygen atoms in total. The van der Waals surface area contributed by atoms with Crippen molar-refractivity contribution < 1.29 is 19.1 Å². The SMILES string of the molecule is CN1C=NC(Cl)C1(Cl)C[C@H]1COC(=O)[C@H]1CCCOC(=O)c1ccccc1. The molecule has 2 aliphatic rings. The van der Waals surface area contributed by atoms with E-state index in [0.717, 1.165) is 0 Å². The fourth-order valence-corrected chi connectivity index (χ4v) is 4.02. The predicted molar refractivity (Wildman–Crippen MR) is 103 cm³/mol. The Bertz CT molecular complexity index is 701. The van der Waals surface area contributed by atoms with Crippen LogP contribution in [0.2, 0.25) is 0 Å². The fraction of sp³-hybridized carbons (Fsp3) is 0.526. The third kappa shape index (κ3) is 4.38. The van der Waals surface area contributed by atoms with Crippen molar-refractivity contribution in [2.75, 3.05) is 20.3 Å². The zero-order valence-corrected chi connectivity index (χ0v) is 16.5. The van der Waals surface area contributed by atoms with Gasteiger partial charge in [0.05, 0.1) is 31.0 Å². The van der Waals surface area contributed by atoms with Crippen LogP contribution in [0.15, 0.2) is 35.3 Å². The minimum atomic E-state index is -0.863. The number of ether oxygens (including phenoxy) is 2. The summed E-state index contributed by atoms with van der Waals surface area (Å²) in [7, 11) is 1.81. The highest BCUT2D eigenvalue weighted by Crippen LogP contribution is 2.42. The molecule has 0 saturated carbocycles. The van der Waals surface area contributed by atoms with Crippen molar-refractivity contribution in [2.45, 2.75) is 29.8 Å². The summed E-state index contributed by atoms with van der Waals surface area (Å²) in [5, 5.41) is 0. The molecule has 4 atom stereocenters. The Morgan fingerprint density at radius 2 is 2.15 bits per heavy atom. The molecule has 2 heterocycles. The number of esters is 2. The van der Waals surface area contributed by atoms with E-state index >= 15 is 0 Å². The van der Waals surface area contributed by atoms with Gasteiger partial charge in [-0.2, -0.15) is 0 Å². The maximum Gasteiger partial charge on any atom is 0.338 e. The van der Waals surface area contributed by atoms with Crippen LogP contribution in [0.3, 0.4) is 0 Å². The molecule has 1 aromatic rings. The minimum Gasteiger partial charge on any atom is -0.465 e. The largest absolute Gasteiger partial charge is 0.465 e. The lowest BCUT2D eigenvalue weighted by Gasteiger charge is -2.34. The molecule has 8 heteroatoms. The maximum absolute atomic E-state index is 12.1. The molecular formula is C19H22Cl2N2O4. The molecule has 27 heavy (non-hydrogen) atoms. The first kappa shape index (κ1) is 20.0. The lowest BCUT2D eigenvalue weighted by molar-refractivity contribution is -0.141. The minimum absolute atomic E-state index is 0.0507. The van der Waals surface area contributed by atoms with Crippen LogP contribution in [0, 0.1) is 11.8 Å². The molecule has 1 aromatic carbocycles. The van der Waals surface area contributed by atoms with E-state index in [1.807, 2.05) is 13.1 Å². The van der Waals surface area contributed by atoms with E-state index in [1.54, 1.807) is 35.5 Å². The first-order valence-corrected chi connectivity index (χ1v) is 9.71. The number of rotatable bonds is 7. The summed E-state index contributed by atoms with van der Waals surface area (Å²) in [5.41, 5.74) is -0.0653. The van der Waals surface area contributed by atoms with Crippen LogP contribution >= 0.6 is 23.2 Å². The van der Waals surface area contributed by atoms with Crippen LogP contribution < -0.4 is 0 Å². The number of alkyl halides is 2. The van der Waals surface area contributed by atoms with Gasteiger partial charge >= 0.3 is 11.9 Å². The second kappa shape index (κ2) is 8.48. The molecule has 0 radical (unpaired) electrons. The molecule has 146 valence electrons. The highest BCUT2D eigenvalue weighted by molar-refractivity contribution is 6.33. The molecule has 0 amide bonds. The Kier molecular flexibility index (Phi) is 6.27. The first-order valence-electron chi connectivity index (χ1n) is 8.90. The molecule has 1 fully saturated rings. The number of hydrogen-bond donors (Lipinski definition) is 0. The fourth-order valence-electron chi connectivity index (χ4n) is 3.43. The Morgan fingerprint density at radius 3 is 2.81 bits per heavy atom. The quantitative estimate of drug-likeness (QED) is 0.297. The van der Waals surface area contributed by atoms with Gasteiger partial charge in [0.15, 0.2) is 10.5 Å². The molecule has 0 N–H and O–H groups in total. The molecular weight excluding hydrogens is 391 g/mol. The second-order valence-electron chi connectivity index (χ2n) is 6.87. The van der Waals surface area contributed by atoms with Gasteiger partial charge in [0.25, 0.3) is 0 Å². The third-order valence-corrected chi connectivity index (χ3v) is 6.30. The lowest BCUT2D eigenvalue weighted by atomic mass is 9.86. The van der Waals surface area contributed by atoms with Gasteiger partial charge in [-0.25, -0.2) is 4.79 Å². The van der Waals surface area contributed by atoms with Gasteiger partial charge in [-0.3, -0.25) is 9.79 Å². The van der Waals surface area contributed by atoms with Crippen molar-refractivity contribution in [3.05, 3.63) is 35.9 Å². The monoisotopic (exact) mass is 412 g/mol. The molecule has 0 spiro atoms. The Hall–Kier alpha value is -1.79. The van der Waals surface area contributed by atoms with E-state index in [0.29, 0.717) is 31.4 Å². The van der Waals surface area contributed by atoms with Gasteiger partial charge in [-0.15, -0.1) is 0 Å². The van der Waals surface area contributed by atoms with Gasteiger partial charge in [-0.1, -0.05) is 41.4 Å². The van der Waals surface area contributed by atoms with Crippen molar-refractivity contribution in [1.29, 1.82) is 0 Å². The molecule has 1 saturated heterocycles. The number of hydrogen-bond acceptors (Lipinski definition) is 6. The van der Waals surface area contributed by atoms with Crippen molar-refractivity contribution in [1.82, 2.24) is 4.90 Å². The third-order valence-electron chi connectivity index (χ3n) is 5.08. The predicted octanol–water partition coefficient (Wildman–Crippen LogP) is 3.28. The Labute approximate surface area is 168 Å². The van der Waals surface area contributed by atoms with Gasteiger partial charge in [0.2, 0.25) is 0 Å². The Balaban J connectivity index is 1.49. The molecule has 2 aliphatic heterocycles. The van der Waals surface area contributed by atoms with E-state index in [1.165, 1.54) is 0 Å². The number of likely N-dealkylation sites (N-methyl/N-ethyl adjacent to an activating group) is 1. The van der Waals surface area contributed by atoms with E-state index in [2.05, 4.69) is 4.99 Å². The smallest absolute Gasteiger partial charge is 0.338 e. The molecule has 0 aromatic heterocycles. The van der Waals surface area contributed by atoms with Gasteiger partial charge in [0.1, 0.15) is 0 Å². The van der Waals surface area contributed by atoms with Crippen LogP contribution in [-0.4, -0.2) is 53.9 Å². The topological polar surface area (TPSA) is 68.2 Å². The number of carbonyl (C=O) groups is 2. The summed E-state index contributed by atoms with van der Waals surface area (Å²) in [4.78, 5) is 29.1. The van der Waals surface area contributed by atoms with Crippen molar-refractivity contribution in [3.8, 4) is 0 Å². The number of aliphatic imine (C=N–C) groups is 1. The summed E-state index contributed by atoms with van der Waals surface area (Å²) in [5.74, 6) is -0.933. The number of cyclic esters (lactones) is 1. The zero-order valence-electron chi connectivity index (χ0n) is 15.0. The summed E-state index contributed by atoms with van der Waals surface area (Å²) in [6, 6.07) is 8.81. The molecule has 3 rings (SSSR count). The van der Waals surface area contributed by atoms with Crippen LogP contribution in [-0.2, 0) is 14.3 Å². The maximum atomic E-state index is 12.1. The summed E-state index contributed by atoms with van der Waals surface area (Å²) in [6.07, 6.45) is 3.23. The standard InChI is InChI=1S/C19H22Cl2N2O4/c1-23-12-22-18(20)19(23,21)10-14-11-27-17(25)15(14)8-5-9-26-16(24)13-6-3-2-4-7-13/h2-4,6-7,12,14-15,18H,5,8-11H2,1H3/t14-,15-,18?,19?/m0/s1. The van der Waals surface area contributed by atoms with E-state index < -0.39 is 10.5 Å². The average molecular weight is 413 g/mol. The molecule has 2 unspecified atom stereocenters. The normalized spacial score (nSPS) is 29.8. The molecule has 0 aliphatic carbocycles. The number of benzene rings is 1. The highest BCUT2D eigenvalue weighted by atomic mass is 35.5. The second-order valence-corrected chi connectivity index (χ2v) is 7.94. The number of nitrogens with zero attached hydrogens (tertiary/aromatic N) is 2. The van der Waals surface area contributed by atoms with Crippen LogP contribution in [0.4, 0.5) is 0 Å². The van der Waals surface area contributed by atoms with Crippen LogP contribution in [0.25, 0.3) is 0 Å². The van der Waals surface area contributed by atoms with Crippen LogP contribution in [0.5, 0.6) is 0 Å².